The van der Waals surface area contributed by atoms with Gasteiger partial charge in [-0.05, 0) is 11.8 Å². The predicted octanol–water partition coefficient (Wildman–Crippen LogP) is 1.74. The summed E-state index contributed by atoms with van der Waals surface area (Å²) in [6, 6.07) is 2.01. The topological polar surface area (TPSA) is 58.3 Å². The van der Waals surface area contributed by atoms with Crippen molar-refractivity contribution in [3.8, 4) is 0 Å². The van der Waals surface area contributed by atoms with Crippen molar-refractivity contribution in [2.45, 2.75) is 27.2 Å². The molecule has 0 aliphatic carbocycles. The Morgan fingerprint density at radius 1 is 1.05 bits per heavy atom. The van der Waals surface area contributed by atoms with Crippen LogP contribution in [0, 0.1) is 5.41 Å². The molecule has 1 heterocycles. The largest absolute Gasteiger partial charge is 0.359 e. The quantitative estimate of drug-likeness (QED) is 0.849. The van der Waals surface area contributed by atoms with Crippen LogP contribution in [0.4, 0.5) is 11.6 Å². The first-order chi connectivity index (χ1) is 8.83. The van der Waals surface area contributed by atoms with Gasteiger partial charge >= 0.3 is 0 Å². The molecule has 1 rings (SSSR count). The van der Waals surface area contributed by atoms with E-state index in [2.05, 4.69) is 42.7 Å². The van der Waals surface area contributed by atoms with E-state index < -0.39 is 0 Å². The van der Waals surface area contributed by atoms with Crippen molar-refractivity contribution >= 4 is 11.6 Å². The predicted molar refractivity (Wildman–Crippen MR) is 81.7 cm³/mol. The highest BCUT2D eigenvalue weighted by Crippen LogP contribution is 2.21. The van der Waals surface area contributed by atoms with Crippen molar-refractivity contribution in [3.05, 3.63) is 12.4 Å². The summed E-state index contributed by atoms with van der Waals surface area (Å²) >= 11 is 0. The third-order valence-corrected chi connectivity index (χ3v) is 3.08. The van der Waals surface area contributed by atoms with Crippen LogP contribution in [0.15, 0.2) is 12.4 Å². The summed E-state index contributed by atoms with van der Waals surface area (Å²) in [7, 11) is 4.06. The summed E-state index contributed by atoms with van der Waals surface area (Å²) in [6.45, 7) is 9.15. The molecule has 0 bridgehead atoms. The highest BCUT2D eigenvalue weighted by Gasteiger charge is 2.13. The van der Waals surface area contributed by atoms with Crippen LogP contribution in [-0.4, -0.2) is 43.7 Å². The second kappa shape index (κ2) is 6.70. The lowest BCUT2D eigenvalue weighted by Gasteiger charge is -2.25. The molecule has 0 saturated carbocycles. The normalized spacial score (nSPS) is 11.5. The molecular formula is C14H27N5. The number of hydrogen-bond acceptors (Lipinski definition) is 5. The maximum Gasteiger partial charge on any atom is 0.133 e. The molecule has 0 unspecified atom stereocenters. The van der Waals surface area contributed by atoms with Crippen LogP contribution >= 0.6 is 0 Å². The molecule has 0 atom stereocenters. The average molecular weight is 265 g/mol. The first-order valence-electron chi connectivity index (χ1n) is 6.78. The summed E-state index contributed by atoms with van der Waals surface area (Å²) in [5.41, 5.74) is 5.90. The third kappa shape index (κ3) is 5.42. The van der Waals surface area contributed by atoms with Gasteiger partial charge in [0.25, 0.3) is 0 Å². The van der Waals surface area contributed by atoms with Crippen LogP contribution in [0.3, 0.4) is 0 Å². The average Bonchev–Trinajstić information content (AvgIpc) is 2.35. The van der Waals surface area contributed by atoms with E-state index in [1.807, 2.05) is 18.0 Å². The molecule has 0 spiro atoms. The van der Waals surface area contributed by atoms with E-state index in [4.69, 9.17) is 5.73 Å². The molecule has 19 heavy (non-hydrogen) atoms. The number of hydrogen-bond donors (Lipinski definition) is 1. The maximum atomic E-state index is 5.56. The SMILES string of the molecule is CN(CCN)c1cc(N(C)CCC(C)(C)C)ncn1. The first kappa shape index (κ1) is 15.7. The number of nitrogens with zero attached hydrogens (tertiary/aromatic N) is 4. The standard InChI is InChI=1S/C14H27N5/c1-14(2,3)6-8-18(4)12-10-13(17-11-16-12)19(5)9-7-15/h10-11H,6-9,15H2,1-5H3. The Labute approximate surface area is 116 Å². The first-order valence-corrected chi connectivity index (χ1v) is 6.78. The van der Waals surface area contributed by atoms with Crippen molar-refractivity contribution in [1.29, 1.82) is 0 Å². The summed E-state index contributed by atoms with van der Waals surface area (Å²) in [4.78, 5) is 12.8. The Hall–Kier alpha value is -1.36. The van der Waals surface area contributed by atoms with Crippen LogP contribution in [0.5, 0.6) is 0 Å². The molecule has 0 aliphatic rings. The van der Waals surface area contributed by atoms with Crippen LogP contribution in [-0.2, 0) is 0 Å². The molecule has 1 aromatic rings. The Bertz CT molecular complexity index is 386. The lowest BCUT2D eigenvalue weighted by atomic mass is 9.92. The van der Waals surface area contributed by atoms with Gasteiger partial charge < -0.3 is 15.5 Å². The van der Waals surface area contributed by atoms with Gasteiger partial charge in [0.05, 0.1) is 0 Å². The van der Waals surface area contributed by atoms with Gasteiger partial charge in [0.1, 0.15) is 18.0 Å². The summed E-state index contributed by atoms with van der Waals surface area (Å²) in [5, 5.41) is 0. The summed E-state index contributed by atoms with van der Waals surface area (Å²) < 4.78 is 0. The molecule has 1 aromatic heterocycles. The Balaban J connectivity index is 2.70. The van der Waals surface area contributed by atoms with Crippen molar-refractivity contribution < 1.29 is 0 Å². The Morgan fingerprint density at radius 2 is 1.58 bits per heavy atom. The van der Waals surface area contributed by atoms with Gasteiger partial charge in [-0.1, -0.05) is 20.8 Å². The molecule has 5 nitrogen and oxygen atoms in total. The Kier molecular flexibility index (Phi) is 5.54. The molecule has 0 aromatic carbocycles. The number of anilines is 2. The molecule has 0 saturated heterocycles. The molecular weight excluding hydrogens is 238 g/mol. The zero-order chi connectivity index (χ0) is 14.5. The van der Waals surface area contributed by atoms with Gasteiger partial charge in [-0.3, -0.25) is 0 Å². The molecule has 0 fully saturated rings. The van der Waals surface area contributed by atoms with E-state index in [1.165, 1.54) is 0 Å². The van der Waals surface area contributed by atoms with E-state index in [-0.39, 0.29) is 0 Å². The smallest absolute Gasteiger partial charge is 0.133 e. The molecule has 108 valence electrons. The minimum absolute atomic E-state index is 0.334. The van der Waals surface area contributed by atoms with Gasteiger partial charge in [0.2, 0.25) is 0 Å². The van der Waals surface area contributed by atoms with Gasteiger partial charge in [-0.25, -0.2) is 9.97 Å². The number of rotatable bonds is 6. The lowest BCUT2D eigenvalue weighted by molar-refractivity contribution is 0.381. The van der Waals surface area contributed by atoms with Crippen molar-refractivity contribution in [2.75, 3.05) is 43.5 Å². The third-order valence-electron chi connectivity index (χ3n) is 3.08. The molecule has 0 aliphatic heterocycles. The highest BCUT2D eigenvalue weighted by molar-refractivity contribution is 5.49. The zero-order valence-corrected chi connectivity index (χ0v) is 12.8. The highest BCUT2D eigenvalue weighted by atomic mass is 15.2. The van der Waals surface area contributed by atoms with Crippen molar-refractivity contribution in [1.82, 2.24) is 9.97 Å². The molecule has 5 heteroatoms. The van der Waals surface area contributed by atoms with Crippen LogP contribution in [0.1, 0.15) is 27.2 Å². The zero-order valence-electron chi connectivity index (χ0n) is 12.8. The van der Waals surface area contributed by atoms with E-state index in [1.54, 1.807) is 6.33 Å². The second-order valence-electron chi connectivity index (χ2n) is 6.18. The fraction of sp³-hybridized carbons (Fsp3) is 0.714. The van der Waals surface area contributed by atoms with Gasteiger partial charge in [-0.2, -0.15) is 0 Å². The molecule has 0 amide bonds. The van der Waals surface area contributed by atoms with E-state index >= 15 is 0 Å². The lowest BCUT2D eigenvalue weighted by Crippen LogP contribution is -2.27. The van der Waals surface area contributed by atoms with Crippen LogP contribution in [0.25, 0.3) is 0 Å². The van der Waals surface area contributed by atoms with E-state index in [9.17, 15) is 0 Å². The van der Waals surface area contributed by atoms with Crippen molar-refractivity contribution in [2.24, 2.45) is 11.1 Å². The van der Waals surface area contributed by atoms with Crippen LogP contribution in [0.2, 0.25) is 0 Å². The second-order valence-corrected chi connectivity index (χ2v) is 6.18. The minimum atomic E-state index is 0.334. The fourth-order valence-electron chi connectivity index (χ4n) is 1.68. The fourth-order valence-corrected chi connectivity index (χ4v) is 1.68. The van der Waals surface area contributed by atoms with Crippen molar-refractivity contribution in [3.63, 3.8) is 0 Å². The minimum Gasteiger partial charge on any atom is -0.359 e. The molecule has 0 radical (unpaired) electrons. The number of likely N-dealkylation sites (N-methyl/N-ethyl adjacent to an activating group) is 1. The maximum absolute atomic E-state index is 5.56. The summed E-state index contributed by atoms with van der Waals surface area (Å²) in [6.07, 6.45) is 2.74. The monoisotopic (exact) mass is 265 g/mol. The van der Waals surface area contributed by atoms with Gasteiger partial charge in [0, 0.05) is 39.8 Å². The molecule has 2 N–H and O–H groups in total. The Morgan fingerprint density at radius 3 is 2.05 bits per heavy atom. The van der Waals surface area contributed by atoms with Gasteiger partial charge in [0.15, 0.2) is 0 Å². The van der Waals surface area contributed by atoms with Gasteiger partial charge in [-0.15, -0.1) is 0 Å². The number of nitrogens with two attached hydrogens (primary N) is 1. The van der Waals surface area contributed by atoms with E-state index in [0.29, 0.717) is 12.0 Å². The number of aromatic nitrogens is 2. The summed E-state index contributed by atoms with van der Waals surface area (Å²) in [5.74, 6) is 1.87. The van der Waals surface area contributed by atoms with Crippen LogP contribution < -0.4 is 15.5 Å². The van der Waals surface area contributed by atoms with E-state index in [0.717, 1.165) is 31.1 Å².